The Hall–Kier alpha value is -4.00. The minimum Gasteiger partial charge on any atom is -0.505 e. The number of carboxylic acid groups (broad SMARTS) is 1. The van der Waals surface area contributed by atoms with Crippen LogP contribution in [0.2, 0.25) is 0 Å². The van der Waals surface area contributed by atoms with Crippen LogP contribution in [0.15, 0.2) is 29.2 Å². The van der Waals surface area contributed by atoms with Gasteiger partial charge in [0.1, 0.15) is 11.5 Å². The van der Waals surface area contributed by atoms with Gasteiger partial charge in [-0.2, -0.15) is 0 Å². The molecule has 1 spiro atoms. The molecule has 5 rings (SSSR count). The molecule has 7 nitrogen and oxygen atoms in total. The number of phenolic OH excluding ortho intramolecular Hbond substituents is 2. The number of aromatic hydroxyl groups is 2. The lowest BCUT2D eigenvalue weighted by molar-refractivity contribution is -0.133. The third kappa shape index (κ3) is 3.04. The van der Waals surface area contributed by atoms with Crippen molar-refractivity contribution in [2.75, 3.05) is 5.75 Å². The third-order valence-electron chi connectivity index (χ3n) is 5.50. The first-order valence-electron chi connectivity index (χ1n) is 9.50. The molecule has 0 atom stereocenters. The van der Waals surface area contributed by atoms with Crippen molar-refractivity contribution in [1.82, 2.24) is 0 Å². The van der Waals surface area contributed by atoms with Gasteiger partial charge in [-0.25, -0.2) is 26.7 Å². The molecule has 2 aliphatic rings. The second-order valence-corrected chi connectivity index (χ2v) is 8.46. The number of carbonyl (C=O) groups is 2. The van der Waals surface area contributed by atoms with Crippen LogP contribution in [0.5, 0.6) is 23.0 Å². The topological polar surface area (TPSA) is 113 Å². The molecule has 0 saturated carbocycles. The molecule has 0 aromatic heterocycles. The van der Waals surface area contributed by atoms with Crippen molar-refractivity contribution < 1.29 is 56.3 Å². The predicted molar refractivity (Wildman–Crippen MR) is 106 cm³/mol. The number of thioether (sulfide) groups is 1. The molecule has 0 saturated heterocycles. The number of halogens is 5. The Morgan fingerprint density at radius 1 is 0.886 bits per heavy atom. The standard InChI is InChI=1S/C22H9F5O7S/c23-8-1-6-12(3-10(8)28)33-13-4-11(29)9(24)2-7(13)22(6)16-15(21(32)34-22)20(35-5-14(30)31)19(27)18(26)17(16)25/h1-4,28-29H,5H2,(H,30,31). The van der Waals surface area contributed by atoms with Crippen molar-refractivity contribution in [1.29, 1.82) is 0 Å². The zero-order valence-corrected chi connectivity index (χ0v) is 17.6. The van der Waals surface area contributed by atoms with Crippen LogP contribution in [0.25, 0.3) is 0 Å². The van der Waals surface area contributed by atoms with Crippen molar-refractivity contribution >= 4 is 23.7 Å². The first-order valence-corrected chi connectivity index (χ1v) is 10.5. The van der Waals surface area contributed by atoms with E-state index >= 15 is 4.39 Å². The summed E-state index contributed by atoms with van der Waals surface area (Å²) < 4.78 is 84.5. The van der Waals surface area contributed by atoms with Crippen LogP contribution < -0.4 is 4.74 Å². The molecule has 35 heavy (non-hydrogen) atoms. The molecule has 180 valence electrons. The number of phenols is 2. The highest BCUT2D eigenvalue weighted by Gasteiger charge is 2.58. The van der Waals surface area contributed by atoms with E-state index in [9.17, 15) is 37.4 Å². The number of aliphatic carboxylic acids is 1. The van der Waals surface area contributed by atoms with Gasteiger partial charge in [0.15, 0.2) is 46.2 Å². The Morgan fingerprint density at radius 2 is 1.43 bits per heavy atom. The third-order valence-corrected chi connectivity index (χ3v) is 6.56. The second-order valence-electron chi connectivity index (χ2n) is 7.48. The SMILES string of the molecule is O=C(O)CSc1c(F)c(F)c(F)c2c1C(=O)OC21c2cc(F)c(O)cc2Oc2cc(O)c(F)cc21. The monoisotopic (exact) mass is 512 g/mol. The summed E-state index contributed by atoms with van der Waals surface area (Å²) in [5, 5.41) is 28.5. The van der Waals surface area contributed by atoms with Crippen molar-refractivity contribution in [3.05, 3.63) is 75.6 Å². The molecule has 2 heterocycles. The zero-order valence-electron chi connectivity index (χ0n) is 16.8. The van der Waals surface area contributed by atoms with E-state index < -0.39 is 103 Å². The Morgan fingerprint density at radius 3 is 1.94 bits per heavy atom. The lowest BCUT2D eigenvalue weighted by Crippen LogP contribution is -2.34. The van der Waals surface area contributed by atoms with Gasteiger partial charge in [0.25, 0.3) is 0 Å². The molecule has 0 aliphatic carbocycles. The first kappa shape index (κ1) is 22.8. The van der Waals surface area contributed by atoms with Gasteiger partial charge < -0.3 is 24.8 Å². The Kier molecular flexibility index (Phi) is 4.88. The number of carboxylic acids is 1. The number of esters is 1. The number of benzene rings is 3. The van der Waals surface area contributed by atoms with Crippen LogP contribution >= 0.6 is 11.8 Å². The van der Waals surface area contributed by atoms with Gasteiger partial charge in [-0.1, -0.05) is 0 Å². The van der Waals surface area contributed by atoms with E-state index in [0.29, 0.717) is 12.1 Å². The van der Waals surface area contributed by atoms with E-state index in [1.165, 1.54) is 0 Å². The summed E-state index contributed by atoms with van der Waals surface area (Å²) in [4.78, 5) is 23.1. The molecule has 0 radical (unpaired) electrons. The van der Waals surface area contributed by atoms with Gasteiger partial charge in [0.2, 0.25) is 0 Å². The molecule has 3 aromatic carbocycles. The minimum absolute atomic E-state index is 0.167. The van der Waals surface area contributed by atoms with Crippen molar-refractivity contribution in [3.8, 4) is 23.0 Å². The highest BCUT2D eigenvalue weighted by atomic mass is 32.2. The quantitative estimate of drug-likeness (QED) is 0.203. The molecule has 0 amide bonds. The summed E-state index contributed by atoms with van der Waals surface area (Å²) in [5.41, 5.74) is -5.58. The summed E-state index contributed by atoms with van der Waals surface area (Å²) in [6.07, 6.45) is 0. The van der Waals surface area contributed by atoms with Gasteiger partial charge in [0, 0.05) is 12.1 Å². The Balaban J connectivity index is 1.94. The van der Waals surface area contributed by atoms with Gasteiger partial charge in [-0.15, -0.1) is 11.8 Å². The van der Waals surface area contributed by atoms with E-state index in [2.05, 4.69) is 0 Å². The van der Waals surface area contributed by atoms with Gasteiger partial charge >= 0.3 is 11.9 Å². The summed E-state index contributed by atoms with van der Waals surface area (Å²) in [6, 6.07) is 2.59. The summed E-state index contributed by atoms with van der Waals surface area (Å²) >= 11 is 0.167. The molecule has 0 unspecified atom stereocenters. The van der Waals surface area contributed by atoms with E-state index in [4.69, 9.17) is 14.6 Å². The lowest BCUT2D eigenvalue weighted by Gasteiger charge is -2.36. The van der Waals surface area contributed by atoms with Gasteiger partial charge in [0.05, 0.1) is 32.9 Å². The molecular formula is C22H9F5O7S. The average Bonchev–Trinajstić information content (AvgIpc) is 3.09. The Bertz CT molecular complexity index is 1430. The van der Waals surface area contributed by atoms with Crippen LogP contribution in [-0.4, -0.2) is 33.0 Å². The predicted octanol–water partition coefficient (Wildman–Crippen LogP) is 4.54. The first-order chi connectivity index (χ1) is 16.5. The fourth-order valence-electron chi connectivity index (χ4n) is 4.12. The number of hydrogen-bond donors (Lipinski definition) is 3. The second kappa shape index (κ2) is 7.50. The number of ether oxygens (including phenoxy) is 2. The highest BCUT2D eigenvalue weighted by molar-refractivity contribution is 8.00. The number of hydrogen-bond acceptors (Lipinski definition) is 7. The maximum atomic E-state index is 15.4. The summed E-state index contributed by atoms with van der Waals surface area (Å²) in [5.74, 6) is -15.0. The minimum atomic E-state index is -2.66. The van der Waals surface area contributed by atoms with Gasteiger partial charge in [-0.05, 0) is 12.1 Å². The fraction of sp³-hybridized carbons (Fsp3) is 0.0909. The maximum Gasteiger partial charge on any atom is 0.341 e. The van der Waals surface area contributed by atoms with Gasteiger partial charge in [-0.3, -0.25) is 4.79 Å². The molecule has 0 bridgehead atoms. The van der Waals surface area contributed by atoms with E-state index in [-0.39, 0.29) is 11.8 Å². The lowest BCUT2D eigenvalue weighted by atomic mass is 9.77. The highest BCUT2D eigenvalue weighted by Crippen LogP contribution is 2.59. The van der Waals surface area contributed by atoms with Crippen LogP contribution in [0.3, 0.4) is 0 Å². The average molecular weight is 512 g/mol. The molecule has 3 aromatic rings. The zero-order chi connectivity index (χ0) is 25.4. The summed E-state index contributed by atoms with van der Waals surface area (Å²) in [7, 11) is 0. The molecule has 0 fully saturated rings. The van der Waals surface area contributed by atoms with E-state index in [1.54, 1.807) is 0 Å². The maximum absolute atomic E-state index is 15.4. The summed E-state index contributed by atoms with van der Waals surface area (Å²) in [6.45, 7) is 0. The van der Waals surface area contributed by atoms with Crippen LogP contribution in [0, 0.1) is 29.1 Å². The molecule has 13 heteroatoms. The smallest absolute Gasteiger partial charge is 0.341 e. The van der Waals surface area contributed by atoms with Crippen LogP contribution in [-0.2, 0) is 15.1 Å². The number of carbonyl (C=O) groups excluding carboxylic acids is 1. The Labute approximate surface area is 195 Å². The molecule has 2 aliphatic heterocycles. The fourth-order valence-corrected chi connectivity index (χ4v) is 4.94. The van der Waals surface area contributed by atoms with Crippen molar-refractivity contribution in [3.63, 3.8) is 0 Å². The van der Waals surface area contributed by atoms with Crippen LogP contribution in [0.1, 0.15) is 27.0 Å². The van der Waals surface area contributed by atoms with E-state index in [1.807, 2.05) is 0 Å². The number of rotatable bonds is 3. The molecular weight excluding hydrogens is 503 g/mol. The van der Waals surface area contributed by atoms with Crippen LogP contribution in [0.4, 0.5) is 22.0 Å². The van der Waals surface area contributed by atoms with Crippen molar-refractivity contribution in [2.45, 2.75) is 10.5 Å². The van der Waals surface area contributed by atoms with E-state index in [0.717, 1.165) is 12.1 Å². The normalized spacial score (nSPS) is 14.7. The largest absolute Gasteiger partial charge is 0.505 e. The number of fused-ring (bicyclic) bond motifs is 6. The van der Waals surface area contributed by atoms with Crippen molar-refractivity contribution in [2.24, 2.45) is 0 Å². The molecule has 3 N–H and O–H groups in total.